The number of aromatic nitrogens is 4. The van der Waals surface area contributed by atoms with Crippen LogP contribution in [0.2, 0.25) is 0 Å². The molecule has 0 saturated carbocycles. The molecule has 2 aromatic heterocycles. The molecule has 2 heterocycles. The number of H-pyrrole nitrogens is 1. The number of aryl methyl sites for hydroxylation is 2. The molecule has 0 bridgehead atoms. The Balaban J connectivity index is 1.60. The van der Waals surface area contributed by atoms with Crippen LogP contribution in [-0.2, 0) is 18.4 Å². The fourth-order valence-electron chi connectivity index (χ4n) is 3.56. The first-order valence-electron chi connectivity index (χ1n) is 9.68. The van der Waals surface area contributed by atoms with Crippen molar-refractivity contribution >= 4 is 16.8 Å². The molecule has 4 rings (SSSR count). The zero-order valence-corrected chi connectivity index (χ0v) is 16.7. The average molecular weight is 421 g/mol. The summed E-state index contributed by atoms with van der Waals surface area (Å²) >= 11 is 0. The van der Waals surface area contributed by atoms with E-state index in [9.17, 15) is 18.8 Å². The number of nitrogens with one attached hydrogen (secondary N) is 2. The van der Waals surface area contributed by atoms with Gasteiger partial charge >= 0.3 is 5.69 Å². The van der Waals surface area contributed by atoms with Gasteiger partial charge in [-0.05, 0) is 18.2 Å². The third-order valence-corrected chi connectivity index (χ3v) is 5.11. The van der Waals surface area contributed by atoms with Crippen LogP contribution in [0.4, 0.5) is 4.39 Å². The molecule has 0 spiro atoms. The maximum Gasteiger partial charge on any atom is 0.328 e. The van der Waals surface area contributed by atoms with Crippen molar-refractivity contribution in [3.8, 4) is 0 Å². The van der Waals surface area contributed by atoms with E-state index in [2.05, 4.69) is 15.3 Å². The third kappa shape index (κ3) is 4.02. The van der Waals surface area contributed by atoms with E-state index in [1.54, 1.807) is 66.5 Å². The molecule has 0 aliphatic rings. The van der Waals surface area contributed by atoms with E-state index in [-0.39, 0.29) is 18.5 Å². The molecule has 0 aliphatic heterocycles. The van der Waals surface area contributed by atoms with Crippen molar-refractivity contribution in [2.24, 2.45) is 7.05 Å². The fourth-order valence-corrected chi connectivity index (χ4v) is 3.56. The highest BCUT2D eigenvalue weighted by Crippen LogP contribution is 2.23. The molecule has 31 heavy (non-hydrogen) atoms. The Kier molecular flexibility index (Phi) is 5.48. The molecule has 4 aromatic rings. The molecule has 1 amide bonds. The van der Waals surface area contributed by atoms with E-state index in [4.69, 9.17) is 0 Å². The summed E-state index contributed by atoms with van der Waals surface area (Å²) in [6, 6.07) is 12.1. The normalized spacial score (nSPS) is 12.1. The molecule has 0 radical (unpaired) electrons. The van der Waals surface area contributed by atoms with E-state index in [0.29, 0.717) is 16.7 Å². The molecule has 2 N–H and O–H groups in total. The van der Waals surface area contributed by atoms with Gasteiger partial charge in [-0.2, -0.15) is 0 Å². The zero-order chi connectivity index (χ0) is 22.0. The van der Waals surface area contributed by atoms with Crippen LogP contribution in [0.1, 0.15) is 23.9 Å². The number of carbonyl (C=O) groups excluding carboxylic acids is 1. The van der Waals surface area contributed by atoms with Crippen LogP contribution in [0.3, 0.4) is 0 Å². The predicted octanol–water partition coefficient (Wildman–Crippen LogP) is 1.86. The molecule has 9 heteroatoms. The molecular formula is C22H20FN5O3. The number of para-hydroxylation sites is 1. The molecule has 158 valence electrons. The topological polar surface area (TPSA) is 102 Å². The van der Waals surface area contributed by atoms with E-state index in [1.165, 1.54) is 10.6 Å². The highest BCUT2D eigenvalue weighted by atomic mass is 19.1. The van der Waals surface area contributed by atoms with Crippen LogP contribution in [0, 0.1) is 5.82 Å². The number of benzene rings is 2. The third-order valence-electron chi connectivity index (χ3n) is 5.11. The molecule has 1 atom stereocenters. The first-order chi connectivity index (χ1) is 15.0. The van der Waals surface area contributed by atoms with Gasteiger partial charge in [0.1, 0.15) is 17.7 Å². The molecule has 2 aromatic carbocycles. The van der Waals surface area contributed by atoms with Gasteiger partial charge in [0.25, 0.3) is 5.56 Å². The predicted molar refractivity (Wildman–Crippen MR) is 113 cm³/mol. The highest BCUT2D eigenvalue weighted by Gasteiger charge is 2.23. The number of amides is 1. The van der Waals surface area contributed by atoms with Crippen molar-refractivity contribution in [1.29, 1.82) is 0 Å². The van der Waals surface area contributed by atoms with Gasteiger partial charge in [-0.3, -0.25) is 19.1 Å². The number of halogens is 1. The van der Waals surface area contributed by atoms with Crippen LogP contribution < -0.4 is 16.6 Å². The SMILES string of the molecule is Cn1ccnc1[C@H](NC(=O)CCn1c(=O)[nH]c(=O)c2ccccc21)c1ccccc1F. The summed E-state index contributed by atoms with van der Waals surface area (Å²) in [6.07, 6.45) is 3.23. The molecule has 0 saturated heterocycles. The van der Waals surface area contributed by atoms with Crippen LogP contribution in [-0.4, -0.2) is 25.0 Å². The van der Waals surface area contributed by atoms with E-state index < -0.39 is 29.0 Å². The van der Waals surface area contributed by atoms with Gasteiger partial charge in [0.2, 0.25) is 5.91 Å². The summed E-state index contributed by atoms with van der Waals surface area (Å²) in [7, 11) is 1.76. The van der Waals surface area contributed by atoms with Gasteiger partial charge in [0, 0.05) is 38.0 Å². The van der Waals surface area contributed by atoms with Crippen molar-refractivity contribution in [2.45, 2.75) is 19.0 Å². The summed E-state index contributed by atoms with van der Waals surface area (Å²) in [4.78, 5) is 43.6. The fraction of sp³-hybridized carbons (Fsp3) is 0.182. The summed E-state index contributed by atoms with van der Waals surface area (Å²) < 4.78 is 17.5. The van der Waals surface area contributed by atoms with Gasteiger partial charge in [-0.1, -0.05) is 30.3 Å². The Morgan fingerprint density at radius 3 is 2.65 bits per heavy atom. The van der Waals surface area contributed by atoms with E-state index >= 15 is 0 Å². The van der Waals surface area contributed by atoms with E-state index in [1.807, 2.05) is 0 Å². The Morgan fingerprint density at radius 1 is 1.16 bits per heavy atom. The zero-order valence-electron chi connectivity index (χ0n) is 16.7. The summed E-state index contributed by atoms with van der Waals surface area (Å²) in [5.74, 6) is -0.373. The number of imidazole rings is 1. The van der Waals surface area contributed by atoms with Crippen molar-refractivity contribution in [3.63, 3.8) is 0 Å². The minimum atomic E-state index is -0.794. The smallest absolute Gasteiger partial charge is 0.328 e. The van der Waals surface area contributed by atoms with Gasteiger partial charge in [-0.15, -0.1) is 0 Å². The van der Waals surface area contributed by atoms with Gasteiger partial charge in [0.05, 0.1) is 10.9 Å². The van der Waals surface area contributed by atoms with Crippen LogP contribution in [0.15, 0.2) is 70.5 Å². The standard InChI is InChI=1S/C22H20FN5O3/c1-27-13-11-24-20(27)19(14-6-2-4-8-16(14)23)25-18(29)10-12-28-17-9-5-3-7-15(17)21(30)26-22(28)31/h2-9,11,13,19H,10,12H2,1H3,(H,25,29)(H,26,30,31)/t19-/m1/s1. The lowest BCUT2D eigenvalue weighted by Gasteiger charge is -2.20. The van der Waals surface area contributed by atoms with Crippen molar-refractivity contribution in [2.75, 3.05) is 0 Å². The van der Waals surface area contributed by atoms with Crippen molar-refractivity contribution in [3.05, 3.63) is 99.0 Å². The quantitative estimate of drug-likeness (QED) is 0.496. The monoisotopic (exact) mass is 421 g/mol. The van der Waals surface area contributed by atoms with Gasteiger partial charge < -0.3 is 9.88 Å². The van der Waals surface area contributed by atoms with Crippen LogP contribution >= 0.6 is 0 Å². The number of nitrogens with zero attached hydrogens (tertiary/aromatic N) is 3. The van der Waals surface area contributed by atoms with E-state index in [0.717, 1.165) is 0 Å². The van der Waals surface area contributed by atoms with Crippen molar-refractivity contribution in [1.82, 2.24) is 24.4 Å². The molecule has 0 unspecified atom stereocenters. The van der Waals surface area contributed by atoms with Crippen LogP contribution in [0.25, 0.3) is 10.9 Å². The summed E-state index contributed by atoms with van der Waals surface area (Å²) in [5.41, 5.74) is -0.336. The lowest BCUT2D eigenvalue weighted by Crippen LogP contribution is -2.34. The number of rotatable bonds is 6. The lowest BCUT2D eigenvalue weighted by atomic mass is 10.1. The number of hydrogen-bond acceptors (Lipinski definition) is 4. The molecule has 0 aliphatic carbocycles. The molecule has 8 nitrogen and oxygen atoms in total. The number of carbonyl (C=O) groups is 1. The maximum absolute atomic E-state index is 14.5. The summed E-state index contributed by atoms with van der Waals surface area (Å²) in [6.45, 7) is 0.0481. The lowest BCUT2D eigenvalue weighted by molar-refractivity contribution is -0.121. The van der Waals surface area contributed by atoms with Crippen molar-refractivity contribution < 1.29 is 9.18 Å². The Labute approximate surface area is 176 Å². The Bertz CT molecular complexity index is 1370. The minimum Gasteiger partial charge on any atom is -0.342 e. The van der Waals surface area contributed by atoms with Crippen LogP contribution in [0.5, 0.6) is 0 Å². The number of aromatic amines is 1. The Morgan fingerprint density at radius 2 is 1.90 bits per heavy atom. The maximum atomic E-state index is 14.5. The second kappa shape index (κ2) is 8.39. The first kappa shape index (κ1) is 20.3. The second-order valence-corrected chi connectivity index (χ2v) is 7.10. The average Bonchev–Trinajstić information content (AvgIpc) is 3.18. The summed E-state index contributed by atoms with van der Waals surface area (Å²) in [5, 5.41) is 3.18. The highest BCUT2D eigenvalue weighted by molar-refractivity contribution is 5.79. The largest absolute Gasteiger partial charge is 0.342 e. The molecular weight excluding hydrogens is 401 g/mol. The number of fused-ring (bicyclic) bond motifs is 1. The Hall–Kier alpha value is -4.01. The molecule has 0 fully saturated rings. The second-order valence-electron chi connectivity index (χ2n) is 7.10. The van der Waals surface area contributed by atoms with Gasteiger partial charge in [0.15, 0.2) is 0 Å². The minimum absolute atomic E-state index is 0.0481. The van der Waals surface area contributed by atoms with Gasteiger partial charge in [-0.25, -0.2) is 14.2 Å². The number of hydrogen-bond donors (Lipinski definition) is 2. The first-order valence-corrected chi connectivity index (χ1v) is 9.68.